The third kappa shape index (κ3) is 4.65. The van der Waals surface area contributed by atoms with Gasteiger partial charge in [0.25, 0.3) is 5.91 Å². The second kappa shape index (κ2) is 8.68. The second-order valence-electron chi connectivity index (χ2n) is 6.02. The minimum absolute atomic E-state index is 0.183. The number of nitrogens with zero attached hydrogens (tertiary/aromatic N) is 3. The van der Waals surface area contributed by atoms with Crippen LogP contribution in [0.3, 0.4) is 0 Å². The number of rotatable bonds is 7. The van der Waals surface area contributed by atoms with Crippen LogP contribution in [0.15, 0.2) is 59.1 Å². The van der Waals surface area contributed by atoms with Crippen LogP contribution in [-0.4, -0.2) is 34.1 Å². The number of ether oxygens (including phenoxy) is 1. The van der Waals surface area contributed by atoms with Crippen molar-refractivity contribution in [1.29, 1.82) is 0 Å². The molecule has 2 aromatic carbocycles. The lowest BCUT2D eigenvalue weighted by molar-refractivity contribution is -0.138. The Bertz CT molecular complexity index is 898. The van der Waals surface area contributed by atoms with Gasteiger partial charge in [-0.3, -0.25) is 4.79 Å². The number of amides is 1. The number of hydrogen-bond acceptors (Lipinski definition) is 5. The third-order valence-electron chi connectivity index (χ3n) is 4.00. The predicted molar refractivity (Wildman–Crippen MR) is 102 cm³/mol. The first-order chi connectivity index (χ1) is 13.1. The van der Waals surface area contributed by atoms with E-state index in [1.165, 1.54) is 4.90 Å². The van der Waals surface area contributed by atoms with Gasteiger partial charge in [-0.1, -0.05) is 66.1 Å². The summed E-state index contributed by atoms with van der Waals surface area (Å²) in [6.07, 6.45) is -0.139. The molecule has 0 spiro atoms. The van der Waals surface area contributed by atoms with E-state index in [0.29, 0.717) is 28.9 Å². The molecule has 0 bridgehead atoms. The molecule has 1 heterocycles. The molecule has 140 valence electrons. The maximum atomic E-state index is 12.7. The van der Waals surface area contributed by atoms with E-state index < -0.39 is 6.10 Å². The van der Waals surface area contributed by atoms with Crippen LogP contribution in [0.25, 0.3) is 11.4 Å². The van der Waals surface area contributed by atoms with Gasteiger partial charge in [-0.2, -0.15) is 4.98 Å². The maximum Gasteiger partial charge on any atom is 0.263 e. The molecule has 0 N–H and O–H groups in total. The second-order valence-corrected chi connectivity index (χ2v) is 6.42. The highest BCUT2D eigenvalue weighted by molar-refractivity contribution is 6.32. The van der Waals surface area contributed by atoms with Gasteiger partial charge < -0.3 is 14.2 Å². The SMILES string of the molecule is CC[C@@H](Oc1ccccc1Cl)C(=O)N(C)Cc1nc(-c2ccccc2)no1. The van der Waals surface area contributed by atoms with Gasteiger partial charge in [-0.15, -0.1) is 0 Å². The standard InChI is InChI=1S/C20H20ClN3O3/c1-3-16(26-17-12-8-7-11-15(17)21)20(25)24(2)13-18-22-19(23-27-18)14-9-5-4-6-10-14/h4-12,16H,3,13H2,1-2H3/t16-/m1/s1. The molecule has 1 atom stereocenters. The summed E-state index contributed by atoms with van der Waals surface area (Å²) in [7, 11) is 1.67. The summed E-state index contributed by atoms with van der Waals surface area (Å²) in [5.41, 5.74) is 0.856. The normalized spacial score (nSPS) is 11.8. The lowest BCUT2D eigenvalue weighted by Crippen LogP contribution is -2.39. The molecule has 1 amide bonds. The van der Waals surface area contributed by atoms with Crippen molar-refractivity contribution in [2.45, 2.75) is 26.0 Å². The van der Waals surface area contributed by atoms with Crippen LogP contribution in [-0.2, 0) is 11.3 Å². The molecule has 27 heavy (non-hydrogen) atoms. The van der Waals surface area contributed by atoms with Gasteiger partial charge in [0.15, 0.2) is 6.10 Å². The number of halogens is 1. The lowest BCUT2D eigenvalue weighted by Gasteiger charge is -2.23. The average Bonchev–Trinajstić information content (AvgIpc) is 3.16. The first kappa shape index (κ1) is 18.9. The Morgan fingerprint density at radius 3 is 2.59 bits per heavy atom. The minimum Gasteiger partial charge on any atom is -0.479 e. The van der Waals surface area contributed by atoms with Crippen LogP contribution >= 0.6 is 11.6 Å². The van der Waals surface area contributed by atoms with E-state index in [-0.39, 0.29) is 12.5 Å². The fraction of sp³-hybridized carbons (Fsp3) is 0.250. The molecule has 0 aliphatic rings. The highest BCUT2D eigenvalue weighted by Crippen LogP contribution is 2.25. The topological polar surface area (TPSA) is 68.5 Å². The van der Waals surface area contributed by atoms with E-state index >= 15 is 0 Å². The largest absolute Gasteiger partial charge is 0.479 e. The van der Waals surface area contributed by atoms with Gasteiger partial charge in [0, 0.05) is 12.6 Å². The van der Waals surface area contributed by atoms with Gasteiger partial charge in [0.2, 0.25) is 11.7 Å². The maximum absolute atomic E-state index is 12.7. The number of carbonyl (C=O) groups excluding carboxylic acids is 1. The summed E-state index contributed by atoms with van der Waals surface area (Å²) < 4.78 is 11.1. The van der Waals surface area contributed by atoms with Crippen molar-refractivity contribution in [2.75, 3.05) is 7.05 Å². The Kier molecular flexibility index (Phi) is 6.08. The number of carbonyl (C=O) groups is 1. The van der Waals surface area contributed by atoms with Crippen LogP contribution in [0.2, 0.25) is 5.02 Å². The van der Waals surface area contributed by atoms with Crippen molar-refractivity contribution in [1.82, 2.24) is 15.0 Å². The molecular weight excluding hydrogens is 366 g/mol. The Labute approximate surface area is 162 Å². The molecule has 0 aliphatic heterocycles. The predicted octanol–water partition coefficient (Wildman–Crippen LogP) is 4.21. The number of para-hydroxylation sites is 1. The van der Waals surface area contributed by atoms with E-state index in [0.717, 1.165) is 5.56 Å². The van der Waals surface area contributed by atoms with Crippen molar-refractivity contribution in [3.8, 4) is 17.1 Å². The molecule has 6 nitrogen and oxygen atoms in total. The van der Waals surface area contributed by atoms with Gasteiger partial charge in [-0.05, 0) is 18.6 Å². The Hall–Kier alpha value is -2.86. The molecule has 1 aromatic heterocycles. The first-order valence-corrected chi connectivity index (χ1v) is 9.00. The van der Waals surface area contributed by atoms with Crippen LogP contribution in [0.5, 0.6) is 5.75 Å². The van der Waals surface area contributed by atoms with Gasteiger partial charge >= 0.3 is 0 Å². The molecule has 0 radical (unpaired) electrons. The molecule has 0 unspecified atom stereocenters. The number of aromatic nitrogens is 2. The summed E-state index contributed by atoms with van der Waals surface area (Å²) in [6.45, 7) is 2.08. The van der Waals surface area contributed by atoms with Gasteiger partial charge in [0.1, 0.15) is 5.75 Å². The molecule has 0 fully saturated rings. The molecule has 3 aromatic rings. The molecule has 0 saturated heterocycles. The fourth-order valence-corrected chi connectivity index (χ4v) is 2.73. The van der Waals surface area contributed by atoms with E-state index in [9.17, 15) is 4.79 Å². The van der Waals surface area contributed by atoms with Crippen molar-refractivity contribution < 1.29 is 14.1 Å². The zero-order chi connectivity index (χ0) is 19.2. The summed E-state index contributed by atoms with van der Waals surface area (Å²) in [5.74, 6) is 1.15. The third-order valence-corrected chi connectivity index (χ3v) is 4.31. The molecule has 7 heteroatoms. The zero-order valence-corrected chi connectivity index (χ0v) is 15.9. The van der Waals surface area contributed by atoms with E-state index in [4.69, 9.17) is 20.9 Å². The molecule has 0 aliphatic carbocycles. The van der Waals surface area contributed by atoms with Crippen molar-refractivity contribution >= 4 is 17.5 Å². The Morgan fingerprint density at radius 1 is 1.19 bits per heavy atom. The Morgan fingerprint density at radius 2 is 1.89 bits per heavy atom. The van der Waals surface area contributed by atoms with Crippen molar-refractivity contribution in [3.05, 3.63) is 65.5 Å². The molecule has 3 rings (SSSR count). The summed E-state index contributed by atoms with van der Waals surface area (Å²) in [4.78, 5) is 18.6. The first-order valence-electron chi connectivity index (χ1n) is 8.62. The van der Waals surface area contributed by atoms with Crippen molar-refractivity contribution in [3.63, 3.8) is 0 Å². The minimum atomic E-state index is -0.647. The van der Waals surface area contributed by atoms with E-state index in [1.54, 1.807) is 19.2 Å². The van der Waals surface area contributed by atoms with Gasteiger partial charge in [0.05, 0.1) is 11.6 Å². The van der Waals surface area contributed by atoms with Crippen LogP contribution in [0.1, 0.15) is 19.2 Å². The highest BCUT2D eigenvalue weighted by atomic mass is 35.5. The van der Waals surface area contributed by atoms with Crippen LogP contribution < -0.4 is 4.74 Å². The summed E-state index contributed by atoms with van der Waals surface area (Å²) in [6, 6.07) is 16.6. The fourth-order valence-electron chi connectivity index (χ4n) is 2.55. The summed E-state index contributed by atoms with van der Waals surface area (Å²) >= 11 is 6.12. The van der Waals surface area contributed by atoms with Gasteiger partial charge in [-0.25, -0.2) is 0 Å². The number of benzene rings is 2. The van der Waals surface area contributed by atoms with Crippen LogP contribution in [0, 0.1) is 0 Å². The molecular formula is C20H20ClN3O3. The van der Waals surface area contributed by atoms with E-state index in [2.05, 4.69) is 10.1 Å². The highest BCUT2D eigenvalue weighted by Gasteiger charge is 2.24. The van der Waals surface area contributed by atoms with E-state index in [1.807, 2.05) is 49.4 Å². The number of hydrogen-bond donors (Lipinski definition) is 0. The quantitative estimate of drug-likeness (QED) is 0.609. The Balaban J connectivity index is 1.66. The van der Waals surface area contributed by atoms with Crippen LogP contribution in [0.4, 0.5) is 0 Å². The number of likely N-dealkylation sites (N-methyl/N-ethyl adjacent to an activating group) is 1. The average molecular weight is 386 g/mol. The molecule has 0 saturated carbocycles. The zero-order valence-electron chi connectivity index (χ0n) is 15.1. The smallest absolute Gasteiger partial charge is 0.263 e. The summed E-state index contributed by atoms with van der Waals surface area (Å²) in [5, 5.41) is 4.44. The lowest BCUT2D eigenvalue weighted by atomic mass is 10.2. The van der Waals surface area contributed by atoms with Crippen molar-refractivity contribution in [2.24, 2.45) is 0 Å². The monoisotopic (exact) mass is 385 g/mol.